The van der Waals surface area contributed by atoms with E-state index in [1.807, 2.05) is 0 Å². The molecular weight excluding hydrogens is 292 g/mol. The molecule has 3 aromatic rings. The van der Waals surface area contributed by atoms with Gasteiger partial charge in [0.05, 0.1) is 5.75 Å². The van der Waals surface area contributed by atoms with Crippen LogP contribution in [-0.4, -0.2) is 10.1 Å². The Labute approximate surface area is 135 Å². The molecule has 0 fully saturated rings. The summed E-state index contributed by atoms with van der Waals surface area (Å²) in [7, 11) is 0. The highest BCUT2D eigenvalue weighted by Crippen LogP contribution is 2.23. The van der Waals surface area contributed by atoms with Crippen molar-refractivity contribution >= 4 is 22.5 Å². The van der Waals surface area contributed by atoms with Gasteiger partial charge in [-0.1, -0.05) is 68.4 Å². The minimum atomic E-state index is -0.0647. The smallest absolute Gasteiger partial charge is 0.236 e. The van der Waals surface area contributed by atoms with E-state index in [0.29, 0.717) is 5.89 Å². The maximum Gasteiger partial charge on any atom is 0.236 e. The molecule has 1 aromatic heterocycles. The van der Waals surface area contributed by atoms with E-state index in [4.69, 9.17) is 4.52 Å². The number of nitrogens with zero attached hydrogens (tertiary/aromatic N) is 2. The van der Waals surface area contributed by atoms with Gasteiger partial charge in [0, 0.05) is 11.2 Å². The third-order valence-corrected chi connectivity index (χ3v) is 4.44. The molecule has 2 aromatic carbocycles. The predicted molar refractivity (Wildman–Crippen MR) is 91.9 cm³/mol. The van der Waals surface area contributed by atoms with Crippen LogP contribution in [0.3, 0.4) is 0 Å². The van der Waals surface area contributed by atoms with Gasteiger partial charge < -0.3 is 4.52 Å². The Morgan fingerprint density at radius 3 is 2.50 bits per heavy atom. The van der Waals surface area contributed by atoms with Crippen molar-refractivity contribution in [2.75, 3.05) is 0 Å². The zero-order valence-electron chi connectivity index (χ0n) is 13.2. The highest BCUT2D eigenvalue weighted by atomic mass is 32.2. The molecule has 0 unspecified atom stereocenters. The monoisotopic (exact) mass is 312 g/mol. The number of rotatable bonds is 4. The fourth-order valence-corrected chi connectivity index (χ4v) is 3.01. The molecule has 0 amide bonds. The van der Waals surface area contributed by atoms with Crippen LogP contribution in [0.5, 0.6) is 0 Å². The average Bonchev–Trinajstić information content (AvgIpc) is 2.96. The van der Waals surface area contributed by atoms with E-state index in [2.05, 4.69) is 73.4 Å². The van der Waals surface area contributed by atoms with Crippen LogP contribution in [0, 0.1) is 0 Å². The first-order chi connectivity index (χ1) is 10.5. The Bertz CT molecular complexity index is 774. The summed E-state index contributed by atoms with van der Waals surface area (Å²) in [4.78, 5) is 4.46. The van der Waals surface area contributed by atoms with E-state index in [-0.39, 0.29) is 5.41 Å². The minimum absolute atomic E-state index is 0.0647. The zero-order chi connectivity index (χ0) is 15.6. The lowest BCUT2D eigenvalue weighted by Gasteiger charge is -2.10. The Kier molecular flexibility index (Phi) is 4.21. The third kappa shape index (κ3) is 3.50. The fraction of sp³-hybridized carbons (Fsp3) is 0.333. The summed E-state index contributed by atoms with van der Waals surface area (Å²) in [5.41, 5.74) is 1.25. The molecular formula is C18H20N2OS. The summed E-state index contributed by atoms with van der Waals surface area (Å²) in [6.07, 6.45) is 0. The van der Waals surface area contributed by atoms with Crippen LogP contribution in [0.15, 0.2) is 47.0 Å². The Morgan fingerprint density at radius 1 is 1.00 bits per heavy atom. The van der Waals surface area contributed by atoms with Crippen molar-refractivity contribution in [1.29, 1.82) is 0 Å². The van der Waals surface area contributed by atoms with Crippen molar-refractivity contribution < 1.29 is 4.52 Å². The molecule has 0 bridgehead atoms. The number of hydrogen-bond acceptors (Lipinski definition) is 4. The molecule has 0 radical (unpaired) electrons. The molecule has 0 atom stereocenters. The molecule has 3 nitrogen and oxygen atoms in total. The standard InChI is InChI=1S/C18H20N2OS/c1-18(2,3)17-19-16(21-20-17)12-22-11-13-8-9-14-6-4-5-7-15(14)10-13/h4-10H,11-12H2,1-3H3. The normalized spacial score (nSPS) is 12.0. The number of fused-ring (bicyclic) bond motifs is 1. The van der Waals surface area contributed by atoms with Gasteiger partial charge >= 0.3 is 0 Å². The number of thioether (sulfide) groups is 1. The van der Waals surface area contributed by atoms with E-state index in [1.165, 1.54) is 16.3 Å². The molecule has 0 spiro atoms. The van der Waals surface area contributed by atoms with Crippen LogP contribution < -0.4 is 0 Å². The van der Waals surface area contributed by atoms with Gasteiger partial charge in [-0.3, -0.25) is 0 Å². The van der Waals surface area contributed by atoms with Crippen molar-refractivity contribution in [2.45, 2.75) is 37.7 Å². The van der Waals surface area contributed by atoms with Gasteiger partial charge in [-0.2, -0.15) is 4.98 Å². The van der Waals surface area contributed by atoms with Crippen molar-refractivity contribution in [3.8, 4) is 0 Å². The summed E-state index contributed by atoms with van der Waals surface area (Å²) in [5.74, 6) is 3.16. The van der Waals surface area contributed by atoms with E-state index >= 15 is 0 Å². The summed E-state index contributed by atoms with van der Waals surface area (Å²) in [6, 6.07) is 15.0. The van der Waals surface area contributed by atoms with Gasteiger partial charge in [0.2, 0.25) is 5.89 Å². The van der Waals surface area contributed by atoms with Crippen LogP contribution in [0.1, 0.15) is 38.0 Å². The molecule has 114 valence electrons. The van der Waals surface area contributed by atoms with Gasteiger partial charge in [-0.05, 0) is 16.3 Å². The van der Waals surface area contributed by atoms with Gasteiger partial charge in [-0.15, -0.1) is 11.8 Å². The second-order valence-electron chi connectivity index (χ2n) is 6.44. The summed E-state index contributed by atoms with van der Waals surface area (Å²) in [5, 5.41) is 6.62. The van der Waals surface area contributed by atoms with E-state index in [9.17, 15) is 0 Å². The lowest BCUT2D eigenvalue weighted by atomic mass is 9.96. The fourth-order valence-electron chi connectivity index (χ4n) is 2.20. The van der Waals surface area contributed by atoms with Crippen molar-refractivity contribution in [3.63, 3.8) is 0 Å². The summed E-state index contributed by atoms with van der Waals surface area (Å²) < 4.78 is 5.32. The summed E-state index contributed by atoms with van der Waals surface area (Å²) in [6.45, 7) is 6.26. The summed E-state index contributed by atoms with van der Waals surface area (Å²) >= 11 is 1.80. The highest BCUT2D eigenvalue weighted by Gasteiger charge is 2.20. The molecule has 4 heteroatoms. The Balaban J connectivity index is 1.61. The van der Waals surface area contributed by atoms with Crippen LogP contribution in [0.2, 0.25) is 0 Å². The van der Waals surface area contributed by atoms with Crippen molar-refractivity contribution in [1.82, 2.24) is 10.1 Å². The van der Waals surface area contributed by atoms with Crippen LogP contribution in [0.25, 0.3) is 10.8 Å². The lowest BCUT2D eigenvalue weighted by molar-refractivity contribution is 0.373. The average molecular weight is 312 g/mol. The SMILES string of the molecule is CC(C)(C)c1noc(CSCc2ccc3ccccc3c2)n1. The van der Waals surface area contributed by atoms with Gasteiger partial charge in [0.1, 0.15) is 0 Å². The molecule has 0 saturated carbocycles. The Morgan fingerprint density at radius 2 is 1.77 bits per heavy atom. The highest BCUT2D eigenvalue weighted by molar-refractivity contribution is 7.97. The van der Waals surface area contributed by atoms with E-state index in [0.717, 1.165) is 17.3 Å². The second kappa shape index (κ2) is 6.13. The molecule has 0 aliphatic heterocycles. The molecule has 3 rings (SSSR count). The largest absolute Gasteiger partial charge is 0.338 e. The van der Waals surface area contributed by atoms with Crippen LogP contribution in [0.4, 0.5) is 0 Å². The maximum atomic E-state index is 5.32. The quantitative estimate of drug-likeness (QED) is 0.683. The molecule has 22 heavy (non-hydrogen) atoms. The predicted octanol–water partition coefficient (Wildman–Crippen LogP) is 4.95. The minimum Gasteiger partial charge on any atom is -0.338 e. The van der Waals surface area contributed by atoms with E-state index < -0.39 is 0 Å². The zero-order valence-corrected chi connectivity index (χ0v) is 14.0. The third-order valence-electron chi connectivity index (χ3n) is 3.45. The molecule has 0 saturated heterocycles. The van der Waals surface area contributed by atoms with E-state index in [1.54, 1.807) is 11.8 Å². The van der Waals surface area contributed by atoms with Gasteiger partial charge in [-0.25, -0.2) is 0 Å². The first kappa shape index (κ1) is 15.1. The van der Waals surface area contributed by atoms with Gasteiger partial charge in [0.25, 0.3) is 0 Å². The topological polar surface area (TPSA) is 38.9 Å². The molecule has 1 heterocycles. The van der Waals surface area contributed by atoms with Crippen molar-refractivity contribution in [2.24, 2.45) is 0 Å². The second-order valence-corrected chi connectivity index (χ2v) is 7.42. The molecule has 0 aliphatic rings. The molecule has 0 aliphatic carbocycles. The van der Waals surface area contributed by atoms with Crippen LogP contribution in [-0.2, 0) is 16.9 Å². The Hall–Kier alpha value is -1.81. The molecule has 0 N–H and O–H groups in total. The number of benzene rings is 2. The lowest BCUT2D eigenvalue weighted by Crippen LogP contribution is -2.13. The van der Waals surface area contributed by atoms with Crippen LogP contribution >= 0.6 is 11.8 Å². The first-order valence-electron chi connectivity index (χ1n) is 7.41. The first-order valence-corrected chi connectivity index (χ1v) is 8.56. The van der Waals surface area contributed by atoms with Crippen molar-refractivity contribution in [3.05, 3.63) is 59.7 Å². The number of aromatic nitrogens is 2. The van der Waals surface area contributed by atoms with Gasteiger partial charge in [0.15, 0.2) is 5.82 Å². The maximum absolute atomic E-state index is 5.32. The number of hydrogen-bond donors (Lipinski definition) is 0.